The molecular weight excluding hydrogens is 304 g/mol. The van der Waals surface area contributed by atoms with Gasteiger partial charge in [0.1, 0.15) is 12.4 Å². The highest BCUT2D eigenvalue weighted by molar-refractivity contribution is 5.89. The summed E-state index contributed by atoms with van der Waals surface area (Å²) in [7, 11) is 1.65. The first kappa shape index (κ1) is 15.8. The van der Waals surface area contributed by atoms with E-state index in [0.29, 0.717) is 13.2 Å². The average molecular weight is 330 g/mol. The molecular formula is C19H26N2O3. The van der Waals surface area contributed by atoms with Crippen molar-refractivity contribution in [2.45, 2.75) is 19.3 Å². The maximum absolute atomic E-state index is 12.6. The zero-order valence-electron chi connectivity index (χ0n) is 14.2. The van der Waals surface area contributed by atoms with Crippen LogP contribution in [0.4, 0.5) is 10.5 Å². The van der Waals surface area contributed by atoms with Crippen LogP contribution in [0.15, 0.2) is 24.3 Å². The number of ether oxygens (including phenoxy) is 2. The van der Waals surface area contributed by atoms with Gasteiger partial charge in [-0.05, 0) is 55.1 Å². The lowest BCUT2D eigenvalue weighted by Crippen LogP contribution is -2.34. The van der Waals surface area contributed by atoms with Gasteiger partial charge in [0.05, 0.1) is 6.61 Å². The van der Waals surface area contributed by atoms with Gasteiger partial charge in [-0.15, -0.1) is 0 Å². The number of nitrogens with zero attached hydrogens (tertiary/aromatic N) is 1. The molecule has 5 nitrogen and oxygen atoms in total. The number of carbonyl (C=O) groups excluding carboxylic acids is 1. The summed E-state index contributed by atoms with van der Waals surface area (Å²) < 4.78 is 10.6. The Labute approximate surface area is 143 Å². The quantitative estimate of drug-likeness (QED) is 0.843. The molecule has 5 heteroatoms. The second kappa shape index (κ2) is 6.63. The minimum absolute atomic E-state index is 0.0258. The van der Waals surface area contributed by atoms with Gasteiger partial charge >= 0.3 is 6.03 Å². The summed E-state index contributed by atoms with van der Waals surface area (Å²) in [5.74, 6) is 3.99. The van der Waals surface area contributed by atoms with Gasteiger partial charge in [0.25, 0.3) is 0 Å². The first-order valence-corrected chi connectivity index (χ1v) is 9.02. The van der Waals surface area contributed by atoms with Crippen molar-refractivity contribution >= 4 is 11.7 Å². The van der Waals surface area contributed by atoms with Crippen molar-refractivity contribution in [2.24, 2.45) is 23.7 Å². The van der Waals surface area contributed by atoms with E-state index in [4.69, 9.17) is 9.47 Å². The van der Waals surface area contributed by atoms with Crippen LogP contribution in [-0.2, 0) is 4.74 Å². The van der Waals surface area contributed by atoms with E-state index in [9.17, 15) is 4.79 Å². The van der Waals surface area contributed by atoms with Gasteiger partial charge in [-0.1, -0.05) is 6.07 Å². The number of methoxy groups -OCH3 is 1. The van der Waals surface area contributed by atoms with Crippen molar-refractivity contribution in [3.63, 3.8) is 0 Å². The van der Waals surface area contributed by atoms with E-state index in [-0.39, 0.29) is 6.03 Å². The van der Waals surface area contributed by atoms with E-state index in [1.807, 2.05) is 29.2 Å². The number of benzene rings is 1. The summed E-state index contributed by atoms with van der Waals surface area (Å²) >= 11 is 0. The fraction of sp³-hybridized carbons (Fsp3) is 0.632. The van der Waals surface area contributed by atoms with Crippen LogP contribution in [0.1, 0.15) is 19.3 Å². The van der Waals surface area contributed by atoms with Crippen molar-refractivity contribution in [1.82, 2.24) is 4.90 Å². The van der Waals surface area contributed by atoms with E-state index in [2.05, 4.69) is 5.32 Å². The highest BCUT2D eigenvalue weighted by Gasteiger charge is 2.52. The largest absolute Gasteiger partial charge is 0.491 e. The van der Waals surface area contributed by atoms with Gasteiger partial charge in [0.15, 0.2) is 0 Å². The van der Waals surface area contributed by atoms with Crippen LogP contribution in [0, 0.1) is 23.7 Å². The van der Waals surface area contributed by atoms with Crippen molar-refractivity contribution in [1.29, 1.82) is 0 Å². The molecule has 3 fully saturated rings. The van der Waals surface area contributed by atoms with Crippen LogP contribution < -0.4 is 10.1 Å². The molecule has 0 radical (unpaired) electrons. The molecule has 1 aromatic rings. The SMILES string of the molecule is COCCOc1cccc(NC(=O)N2C[C@@H]3[C@@H]4CC[C@@H](C4)[C@@H]3C2)c1. The normalized spacial score (nSPS) is 30.5. The maximum Gasteiger partial charge on any atom is 0.321 e. The fourth-order valence-corrected chi connectivity index (χ4v) is 4.96. The number of anilines is 1. The second-order valence-electron chi connectivity index (χ2n) is 7.37. The number of likely N-dealkylation sites (tertiary alicyclic amines) is 1. The Morgan fingerprint density at radius 3 is 2.67 bits per heavy atom. The van der Waals surface area contributed by atoms with Gasteiger partial charge in [-0.25, -0.2) is 4.79 Å². The average Bonchev–Trinajstić information content (AvgIpc) is 3.28. The molecule has 1 N–H and O–H groups in total. The summed E-state index contributed by atoms with van der Waals surface area (Å²) in [5, 5.41) is 3.03. The maximum atomic E-state index is 12.6. The predicted molar refractivity (Wildman–Crippen MR) is 92.2 cm³/mol. The van der Waals surface area contributed by atoms with Crippen LogP contribution in [0.2, 0.25) is 0 Å². The van der Waals surface area contributed by atoms with E-state index in [0.717, 1.165) is 48.2 Å². The molecule has 2 aliphatic carbocycles. The molecule has 4 atom stereocenters. The number of hydrogen-bond donors (Lipinski definition) is 1. The molecule has 1 aromatic carbocycles. The zero-order valence-corrected chi connectivity index (χ0v) is 14.2. The summed E-state index contributed by atoms with van der Waals surface area (Å²) in [6, 6.07) is 7.59. The molecule has 0 spiro atoms. The number of nitrogens with one attached hydrogen (secondary N) is 1. The van der Waals surface area contributed by atoms with E-state index in [1.54, 1.807) is 7.11 Å². The Hall–Kier alpha value is -1.75. The molecule has 24 heavy (non-hydrogen) atoms. The van der Waals surface area contributed by atoms with Gasteiger partial charge in [0.2, 0.25) is 0 Å². The zero-order chi connectivity index (χ0) is 16.5. The fourth-order valence-electron chi connectivity index (χ4n) is 4.96. The lowest BCUT2D eigenvalue weighted by atomic mass is 9.82. The molecule has 1 saturated heterocycles. The van der Waals surface area contributed by atoms with E-state index < -0.39 is 0 Å². The number of carbonyl (C=O) groups is 1. The third kappa shape index (κ3) is 2.97. The predicted octanol–water partition coefficient (Wildman–Crippen LogP) is 3.22. The lowest BCUT2D eigenvalue weighted by molar-refractivity contribution is 0.146. The molecule has 1 aliphatic heterocycles. The number of hydrogen-bond acceptors (Lipinski definition) is 3. The molecule has 0 unspecified atom stereocenters. The third-order valence-corrected chi connectivity index (χ3v) is 6.07. The third-order valence-electron chi connectivity index (χ3n) is 6.07. The molecule has 2 saturated carbocycles. The Bertz CT molecular complexity index is 588. The van der Waals surface area contributed by atoms with Crippen molar-refractivity contribution in [3.8, 4) is 5.75 Å². The summed E-state index contributed by atoms with van der Waals surface area (Å²) in [6.45, 7) is 2.92. The van der Waals surface area contributed by atoms with Crippen LogP contribution in [0.5, 0.6) is 5.75 Å². The highest BCUT2D eigenvalue weighted by atomic mass is 16.5. The second-order valence-corrected chi connectivity index (χ2v) is 7.37. The number of urea groups is 1. The Morgan fingerprint density at radius 1 is 1.21 bits per heavy atom. The smallest absolute Gasteiger partial charge is 0.321 e. The molecule has 2 bridgehead atoms. The van der Waals surface area contributed by atoms with Crippen LogP contribution >= 0.6 is 0 Å². The number of fused-ring (bicyclic) bond motifs is 5. The number of rotatable bonds is 5. The molecule has 130 valence electrons. The molecule has 4 rings (SSSR count). The Balaban J connectivity index is 1.34. The first-order chi connectivity index (χ1) is 11.7. The highest BCUT2D eigenvalue weighted by Crippen LogP contribution is 2.55. The minimum Gasteiger partial charge on any atom is -0.491 e. The van der Waals surface area contributed by atoms with Crippen LogP contribution in [0.3, 0.4) is 0 Å². The van der Waals surface area contributed by atoms with Gasteiger partial charge in [-0.2, -0.15) is 0 Å². The van der Waals surface area contributed by atoms with Crippen LogP contribution in [0.25, 0.3) is 0 Å². The number of amides is 2. The summed E-state index contributed by atoms with van der Waals surface area (Å²) in [5.41, 5.74) is 0.787. The van der Waals surface area contributed by atoms with E-state index >= 15 is 0 Å². The van der Waals surface area contributed by atoms with Gasteiger partial charge < -0.3 is 19.7 Å². The Kier molecular flexibility index (Phi) is 4.35. The molecule has 3 aliphatic rings. The molecule has 0 aromatic heterocycles. The summed E-state index contributed by atoms with van der Waals surface area (Å²) in [6.07, 6.45) is 4.16. The molecule has 1 heterocycles. The lowest BCUT2D eigenvalue weighted by Gasteiger charge is -2.22. The minimum atomic E-state index is 0.0258. The molecule has 2 amide bonds. The van der Waals surface area contributed by atoms with Crippen LogP contribution in [-0.4, -0.2) is 44.3 Å². The first-order valence-electron chi connectivity index (χ1n) is 9.02. The van der Waals surface area contributed by atoms with Crippen molar-refractivity contribution < 1.29 is 14.3 Å². The summed E-state index contributed by atoms with van der Waals surface area (Å²) in [4.78, 5) is 14.6. The Morgan fingerprint density at radius 2 is 1.96 bits per heavy atom. The van der Waals surface area contributed by atoms with Crippen molar-refractivity contribution in [2.75, 3.05) is 38.7 Å². The van der Waals surface area contributed by atoms with Gasteiger partial charge in [0, 0.05) is 32.0 Å². The monoisotopic (exact) mass is 330 g/mol. The van der Waals surface area contributed by atoms with Crippen molar-refractivity contribution in [3.05, 3.63) is 24.3 Å². The van der Waals surface area contributed by atoms with Gasteiger partial charge in [-0.3, -0.25) is 0 Å². The topological polar surface area (TPSA) is 50.8 Å². The van der Waals surface area contributed by atoms with E-state index in [1.165, 1.54) is 19.3 Å². The standard InChI is InChI=1S/C19H26N2O3/c1-23-7-8-24-16-4-2-3-15(10-16)20-19(22)21-11-17-13-5-6-14(9-13)18(17)12-21/h2-4,10,13-14,17-18H,5-9,11-12H2,1H3,(H,20,22)/t13-,14+,17-,18+.